The summed E-state index contributed by atoms with van der Waals surface area (Å²) in [6.45, 7) is 0.326. The number of nitrogens with one attached hydrogen (secondary N) is 1. The van der Waals surface area contributed by atoms with Gasteiger partial charge in [0.25, 0.3) is 0 Å². The summed E-state index contributed by atoms with van der Waals surface area (Å²) in [6, 6.07) is 15.1. The van der Waals surface area contributed by atoms with Crippen molar-refractivity contribution in [2.75, 3.05) is 5.32 Å². The summed E-state index contributed by atoms with van der Waals surface area (Å²) < 4.78 is 39.5. The van der Waals surface area contributed by atoms with Crippen LogP contribution < -0.4 is 5.32 Å². The van der Waals surface area contributed by atoms with E-state index in [4.69, 9.17) is 0 Å². The van der Waals surface area contributed by atoms with Crippen molar-refractivity contribution in [1.29, 1.82) is 0 Å². The van der Waals surface area contributed by atoms with Crippen molar-refractivity contribution in [3.8, 4) is 0 Å². The maximum absolute atomic E-state index is 13.5. The summed E-state index contributed by atoms with van der Waals surface area (Å²) in [5, 5.41) is 4.96. The fourth-order valence-corrected chi connectivity index (χ4v) is 2.20. The average molecular weight is 287 g/mol. The molecule has 21 heavy (non-hydrogen) atoms. The maximum atomic E-state index is 13.5. The van der Waals surface area contributed by atoms with Gasteiger partial charge in [0, 0.05) is 18.7 Å². The lowest BCUT2D eigenvalue weighted by Crippen LogP contribution is -2.03. The first kappa shape index (κ1) is 13.5. The second-order valence-electron chi connectivity index (χ2n) is 4.78. The molecule has 0 aromatic heterocycles. The minimum absolute atomic E-state index is 0.0536. The molecule has 0 spiro atoms. The van der Waals surface area contributed by atoms with Crippen molar-refractivity contribution in [2.24, 2.45) is 0 Å². The van der Waals surface area contributed by atoms with E-state index in [1.165, 1.54) is 0 Å². The van der Waals surface area contributed by atoms with Crippen LogP contribution in [0, 0.1) is 17.5 Å². The van der Waals surface area contributed by atoms with E-state index in [9.17, 15) is 13.2 Å². The van der Waals surface area contributed by atoms with E-state index in [2.05, 4.69) is 5.32 Å². The molecule has 0 aliphatic carbocycles. The van der Waals surface area contributed by atoms with Crippen LogP contribution in [-0.2, 0) is 6.54 Å². The Kier molecular flexibility index (Phi) is 3.52. The van der Waals surface area contributed by atoms with Crippen LogP contribution in [0.4, 0.5) is 18.9 Å². The molecule has 4 heteroatoms. The number of benzene rings is 3. The maximum Gasteiger partial charge on any atom is 0.161 e. The monoisotopic (exact) mass is 287 g/mol. The molecule has 3 aromatic carbocycles. The molecule has 0 aliphatic heterocycles. The Hall–Kier alpha value is -2.49. The number of hydrogen-bond acceptors (Lipinski definition) is 1. The second kappa shape index (κ2) is 5.48. The number of halogens is 3. The summed E-state index contributed by atoms with van der Waals surface area (Å²) in [4.78, 5) is 0. The van der Waals surface area contributed by atoms with Crippen LogP contribution in [0.1, 0.15) is 5.56 Å². The van der Waals surface area contributed by atoms with Gasteiger partial charge < -0.3 is 5.32 Å². The van der Waals surface area contributed by atoms with Gasteiger partial charge >= 0.3 is 0 Å². The van der Waals surface area contributed by atoms with Crippen molar-refractivity contribution in [1.82, 2.24) is 0 Å². The van der Waals surface area contributed by atoms with Gasteiger partial charge in [-0.05, 0) is 22.4 Å². The minimum Gasteiger partial charge on any atom is -0.379 e. The number of rotatable bonds is 3. The Labute approximate surface area is 120 Å². The van der Waals surface area contributed by atoms with Crippen LogP contribution in [-0.4, -0.2) is 0 Å². The second-order valence-corrected chi connectivity index (χ2v) is 4.78. The Morgan fingerprint density at radius 2 is 1.43 bits per heavy atom. The van der Waals surface area contributed by atoms with E-state index in [0.717, 1.165) is 22.4 Å². The Morgan fingerprint density at radius 1 is 0.714 bits per heavy atom. The normalized spacial score (nSPS) is 10.8. The van der Waals surface area contributed by atoms with Crippen molar-refractivity contribution in [3.05, 3.63) is 77.6 Å². The Bertz CT molecular complexity index is 799. The van der Waals surface area contributed by atoms with Crippen molar-refractivity contribution >= 4 is 16.5 Å². The molecule has 106 valence electrons. The van der Waals surface area contributed by atoms with Gasteiger partial charge in [-0.25, -0.2) is 13.2 Å². The summed E-state index contributed by atoms with van der Waals surface area (Å²) in [5.74, 6) is -3.07. The molecule has 3 rings (SSSR count). The molecule has 0 saturated carbocycles. The standard InChI is InChI=1S/C17H12F3N/c18-14-8-16(20)17(9-15(14)19)21-10-11-5-6-12-3-1-2-4-13(12)7-11/h1-9,21H,10H2. The summed E-state index contributed by atoms with van der Waals surface area (Å²) in [5.41, 5.74) is 0.875. The van der Waals surface area contributed by atoms with Crippen LogP contribution in [0.15, 0.2) is 54.6 Å². The van der Waals surface area contributed by atoms with Gasteiger partial charge in [0.05, 0.1) is 5.69 Å². The van der Waals surface area contributed by atoms with Crippen LogP contribution >= 0.6 is 0 Å². The molecule has 0 heterocycles. The van der Waals surface area contributed by atoms with E-state index in [1.807, 2.05) is 42.5 Å². The highest BCUT2D eigenvalue weighted by Gasteiger charge is 2.09. The fraction of sp³-hybridized carbons (Fsp3) is 0.0588. The van der Waals surface area contributed by atoms with E-state index in [0.29, 0.717) is 12.6 Å². The predicted octanol–water partition coefficient (Wildman–Crippen LogP) is 4.87. The van der Waals surface area contributed by atoms with Gasteiger partial charge in [0.2, 0.25) is 0 Å². The highest BCUT2D eigenvalue weighted by molar-refractivity contribution is 5.83. The lowest BCUT2D eigenvalue weighted by Gasteiger charge is -2.09. The van der Waals surface area contributed by atoms with Crippen LogP contribution in [0.2, 0.25) is 0 Å². The van der Waals surface area contributed by atoms with E-state index in [-0.39, 0.29) is 5.69 Å². The first-order valence-corrected chi connectivity index (χ1v) is 6.49. The molecule has 0 fully saturated rings. The molecule has 0 saturated heterocycles. The van der Waals surface area contributed by atoms with Crippen LogP contribution in [0.25, 0.3) is 10.8 Å². The molecule has 0 aliphatic rings. The smallest absolute Gasteiger partial charge is 0.161 e. The SMILES string of the molecule is Fc1cc(F)c(NCc2ccc3ccccc3c2)cc1F. The Morgan fingerprint density at radius 3 is 2.24 bits per heavy atom. The minimum atomic E-state index is -1.19. The topological polar surface area (TPSA) is 12.0 Å². The third-order valence-electron chi connectivity index (χ3n) is 3.31. The average Bonchev–Trinajstić information content (AvgIpc) is 2.49. The molecule has 0 atom stereocenters. The highest BCUT2D eigenvalue weighted by Crippen LogP contribution is 2.20. The first-order valence-electron chi connectivity index (χ1n) is 6.49. The van der Waals surface area contributed by atoms with Gasteiger partial charge in [-0.1, -0.05) is 36.4 Å². The molecule has 1 nitrogen and oxygen atoms in total. The summed E-state index contributed by atoms with van der Waals surface area (Å²) in [7, 11) is 0. The van der Waals surface area contributed by atoms with Gasteiger partial charge in [-0.2, -0.15) is 0 Å². The van der Waals surface area contributed by atoms with Crippen LogP contribution in [0.5, 0.6) is 0 Å². The van der Waals surface area contributed by atoms with Gasteiger partial charge in [0.15, 0.2) is 11.6 Å². The summed E-state index contributed by atoms with van der Waals surface area (Å²) in [6.07, 6.45) is 0. The largest absolute Gasteiger partial charge is 0.379 e. The predicted molar refractivity (Wildman–Crippen MR) is 77.6 cm³/mol. The van der Waals surface area contributed by atoms with Gasteiger partial charge in [0.1, 0.15) is 5.82 Å². The van der Waals surface area contributed by atoms with Crippen molar-refractivity contribution < 1.29 is 13.2 Å². The van der Waals surface area contributed by atoms with E-state index in [1.54, 1.807) is 0 Å². The zero-order chi connectivity index (χ0) is 14.8. The van der Waals surface area contributed by atoms with E-state index < -0.39 is 17.5 Å². The number of hydrogen-bond donors (Lipinski definition) is 1. The quantitative estimate of drug-likeness (QED) is 0.678. The lowest BCUT2D eigenvalue weighted by molar-refractivity contribution is 0.496. The molecule has 0 bridgehead atoms. The molecule has 0 unspecified atom stereocenters. The first-order chi connectivity index (χ1) is 10.1. The molecular weight excluding hydrogens is 275 g/mol. The molecule has 0 radical (unpaired) electrons. The van der Waals surface area contributed by atoms with E-state index >= 15 is 0 Å². The third-order valence-corrected chi connectivity index (χ3v) is 3.31. The van der Waals surface area contributed by atoms with Crippen molar-refractivity contribution in [2.45, 2.75) is 6.54 Å². The Balaban J connectivity index is 1.81. The fourth-order valence-electron chi connectivity index (χ4n) is 2.20. The molecular formula is C17H12F3N. The molecule has 0 amide bonds. The molecule has 1 N–H and O–H groups in total. The lowest BCUT2D eigenvalue weighted by atomic mass is 10.1. The molecule has 3 aromatic rings. The van der Waals surface area contributed by atoms with Gasteiger partial charge in [-0.3, -0.25) is 0 Å². The summed E-state index contributed by atoms with van der Waals surface area (Å²) >= 11 is 0. The highest BCUT2D eigenvalue weighted by atomic mass is 19.2. The third kappa shape index (κ3) is 2.84. The number of anilines is 1. The zero-order valence-electron chi connectivity index (χ0n) is 11.0. The van der Waals surface area contributed by atoms with Crippen molar-refractivity contribution in [3.63, 3.8) is 0 Å². The zero-order valence-corrected chi connectivity index (χ0v) is 11.0. The number of fused-ring (bicyclic) bond motifs is 1. The van der Waals surface area contributed by atoms with Gasteiger partial charge in [-0.15, -0.1) is 0 Å². The van der Waals surface area contributed by atoms with Crippen LogP contribution in [0.3, 0.4) is 0 Å².